The molecular formula is C10H15NO2. The normalized spacial score (nSPS) is 11.8. The van der Waals surface area contributed by atoms with Gasteiger partial charge in [0, 0.05) is 12.8 Å². The maximum absolute atomic E-state index is 11.4. The standard InChI is InChI=1S/C10H15NO2/c1-3-5-10(13)9(8(2)12)6-4-7-11/h9H,3-6H2,1-2H3. The maximum Gasteiger partial charge on any atom is 0.143 e. The number of carbonyl (C=O) groups is 2. The van der Waals surface area contributed by atoms with E-state index in [9.17, 15) is 9.59 Å². The quantitative estimate of drug-likeness (QED) is 0.588. The molecule has 1 atom stereocenters. The summed E-state index contributed by atoms with van der Waals surface area (Å²) in [6.45, 7) is 3.31. The molecule has 0 aliphatic carbocycles. The van der Waals surface area contributed by atoms with Gasteiger partial charge in [0.1, 0.15) is 11.6 Å². The Labute approximate surface area is 78.7 Å². The van der Waals surface area contributed by atoms with E-state index in [1.165, 1.54) is 6.92 Å². The Morgan fingerprint density at radius 1 is 1.46 bits per heavy atom. The van der Waals surface area contributed by atoms with E-state index in [-0.39, 0.29) is 18.0 Å². The van der Waals surface area contributed by atoms with E-state index in [0.29, 0.717) is 12.8 Å². The van der Waals surface area contributed by atoms with E-state index in [1.54, 1.807) is 0 Å². The highest BCUT2D eigenvalue weighted by molar-refractivity contribution is 6.01. The summed E-state index contributed by atoms with van der Waals surface area (Å²) in [6, 6.07) is 1.95. The van der Waals surface area contributed by atoms with Crippen LogP contribution in [0.5, 0.6) is 0 Å². The van der Waals surface area contributed by atoms with E-state index in [2.05, 4.69) is 0 Å². The highest BCUT2D eigenvalue weighted by atomic mass is 16.1. The number of hydrogen-bond acceptors (Lipinski definition) is 3. The van der Waals surface area contributed by atoms with Crippen LogP contribution < -0.4 is 0 Å². The molecular weight excluding hydrogens is 166 g/mol. The molecule has 0 aliphatic rings. The fourth-order valence-corrected chi connectivity index (χ4v) is 1.22. The summed E-state index contributed by atoms with van der Waals surface area (Å²) in [7, 11) is 0. The van der Waals surface area contributed by atoms with Gasteiger partial charge in [-0.15, -0.1) is 0 Å². The number of nitriles is 1. The average Bonchev–Trinajstić information content (AvgIpc) is 2.05. The van der Waals surface area contributed by atoms with Crippen LogP contribution in [0, 0.1) is 17.2 Å². The smallest absolute Gasteiger partial charge is 0.143 e. The molecule has 0 amide bonds. The molecule has 3 heteroatoms. The Bertz CT molecular complexity index is 228. The minimum atomic E-state index is -0.542. The molecule has 3 nitrogen and oxygen atoms in total. The van der Waals surface area contributed by atoms with Gasteiger partial charge < -0.3 is 0 Å². The highest BCUT2D eigenvalue weighted by Crippen LogP contribution is 2.12. The highest BCUT2D eigenvalue weighted by Gasteiger charge is 2.21. The molecule has 0 aromatic rings. The van der Waals surface area contributed by atoms with Crippen LogP contribution in [0.1, 0.15) is 39.5 Å². The van der Waals surface area contributed by atoms with E-state index in [4.69, 9.17) is 5.26 Å². The summed E-state index contributed by atoms with van der Waals surface area (Å²) in [5, 5.41) is 8.34. The van der Waals surface area contributed by atoms with Crippen LogP contribution in [0.25, 0.3) is 0 Å². The van der Waals surface area contributed by atoms with Gasteiger partial charge >= 0.3 is 0 Å². The molecule has 0 saturated carbocycles. The summed E-state index contributed by atoms with van der Waals surface area (Å²) in [5.41, 5.74) is 0. The SMILES string of the molecule is CCCC(=O)C(CCC#N)C(C)=O. The van der Waals surface area contributed by atoms with E-state index < -0.39 is 5.92 Å². The molecule has 0 bridgehead atoms. The van der Waals surface area contributed by atoms with Crippen molar-refractivity contribution < 1.29 is 9.59 Å². The van der Waals surface area contributed by atoms with Crippen molar-refractivity contribution in [1.82, 2.24) is 0 Å². The van der Waals surface area contributed by atoms with Crippen LogP contribution in [-0.2, 0) is 9.59 Å². The van der Waals surface area contributed by atoms with Crippen LogP contribution in [-0.4, -0.2) is 11.6 Å². The van der Waals surface area contributed by atoms with Gasteiger partial charge in [-0.1, -0.05) is 6.92 Å². The van der Waals surface area contributed by atoms with Crippen LogP contribution >= 0.6 is 0 Å². The lowest BCUT2D eigenvalue weighted by Crippen LogP contribution is -2.21. The van der Waals surface area contributed by atoms with Crippen molar-refractivity contribution in [2.24, 2.45) is 5.92 Å². The first-order chi connectivity index (χ1) is 6.13. The molecule has 0 rings (SSSR count). The predicted octanol–water partition coefficient (Wildman–Crippen LogP) is 1.86. The Morgan fingerprint density at radius 2 is 2.08 bits per heavy atom. The average molecular weight is 181 g/mol. The van der Waals surface area contributed by atoms with Crippen LogP contribution in [0.4, 0.5) is 0 Å². The summed E-state index contributed by atoms with van der Waals surface area (Å²) in [4.78, 5) is 22.4. The molecule has 13 heavy (non-hydrogen) atoms. The first-order valence-electron chi connectivity index (χ1n) is 4.53. The van der Waals surface area contributed by atoms with Gasteiger partial charge in [-0.25, -0.2) is 0 Å². The second-order valence-electron chi connectivity index (χ2n) is 3.08. The van der Waals surface area contributed by atoms with Crippen molar-refractivity contribution >= 4 is 11.6 Å². The monoisotopic (exact) mass is 181 g/mol. The van der Waals surface area contributed by atoms with Crippen molar-refractivity contribution in [3.8, 4) is 6.07 Å². The summed E-state index contributed by atoms with van der Waals surface area (Å²) < 4.78 is 0. The lowest BCUT2D eigenvalue weighted by Gasteiger charge is -2.09. The summed E-state index contributed by atoms with van der Waals surface area (Å²) in [6.07, 6.45) is 1.86. The Kier molecular flexibility index (Phi) is 5.79. The lowest BCUT2D eigenvalue weighted by atomic mass is 9.92. The first-order valence-corrected chi connectivity index (χ1v) is 4.53. The molecule has 0 aromatic carbocycles. The number of ketones is 2. The van der Waals surface area contributed by atoms with Crippen LogP contribution in [0.2, 0.25) is 0 Å². The second-order valence-corrected chi connectivity index (χ2v) is 3.08. The van der Waals surface area contributed by atoms with Gasteiger partial charge in [-0.2, -0.15) is 5.26 Å². The minimum Gasteiger partial charge on any atom is -0.299 e. The van der Waals surface area contributed by atoms with Crippen molar-refractivity contribution in [2.45, 2.75) is 39.5 Å². The molecule has 0 saturated heterocycles. The summed E-state index contributed by atoms with van der Waals surface area (Å²) in [5.74, 6) is -0.682. The van der Waals surface area contributed by atoms with Gasteiger partial charge in [0.2, 0.25) is 0 Å². The zero-order valence-electron chi connectivity index (χ0n) is 8.17. The van der Waals surface area contributed by atoms with Gasteiger partial charge in [0.05, 0.1) is 12.0 Å². The molecule has 0 radical (unpaired) electrons. The third kappa shape index (κ3) is 4.41. The predicted molar refractivity (Wildman–Crippen MR) is 48.9 cm³/mol. The Balaban J connectivity index is 4.17. The van der Waals surface area contributed by atoms with Crippen LogP contribution in [0.15, 0.2) is 0 Å². The number of nitrogens with zero attached hydrogens (tertiary/aromatic N) is 1. The molecule has 0 aliphatic heterocycles. The van der Waals surface area contributed by atoms with Crippen LogP contribution in [0.3, 0.4) is 0 Å². The Morgan fingerprint density at radius 3 is 2.46 bits per heavy atom. The molecule has 0 fully saturated rings. The zero-order chi connectivity index (χ0) is 10.3. The Hall–Kier alpha value is -1.17. The summed E-state index contributed by atoms with van der Waals surface area (Å²) >= 11 is 0. The molecule has 1 unspecified atom stereocenters. The lowest BCUT2D eigenvalue weighted by molar-refractivity contribution is -0.131. The molecule has 0 heterocycles. The largest absolute Gasteiger partial charge is 0.299 e. The van der Waals surface area contributed by atoms with E-state index in [1.807, 2.05) is 13.0 Å². The topological polar surface area (TPSA) is 57.9 Å². The number of Topliss-reactive ketones (excluding diaryl/α,β-unsaturated/α-hetero) is 2. The molecule has 72 valence electrons. The fraction of sp³-hybridized carbons (Fsp3) is 0.700. The first kappa shape index (κ1) is 11.8. The van der Waals surface area contributed by atoms with Gasteiger partial charge in [-0.05, 0) is 19.8 Å². The van der Waals surface area contributed by atoms with Gasteiger partial charge in [-0.3, -0.25) is 9.59 Å². The number of rotatable bonds is 6. The van der Waals surface area contributed by atoms with Crippen molar-refractivity contribution in [3.05, 3.63) is 0 Å². The molecule has 0 aromatic heterocycles. The number of hydrogen-bond donors (Lipinski definition) is 0. The third-order valence-corrected chi connectivity index (χ3v) is 1.92. The van der Waals surface area contributed by atoms with Gasteiger partial charge in [0.25, 0.3) is 0 Å². The minimum absolute atomic E-state index is 0.0229. The zero-order valence-corrected chi connectivity index (χ0v) is 8.17. The molecule has 0 spiro atoms. The van der Waals surface area contributed by atoms with Crippen molar-refractivity contribution in [2.75, 3.05) is 0 Å². The van der Waals surface area contributed by atoms with Crippen molar-refractivity contribution in [1.29, 1.82) is 5.26 Å². The van der Waals surface area contributed by atoms with E-state index >= 15 is 0 Å². The van der Waals surface area contributed by atoms with Crippen molar-refractivity contribution in [3.63, 3.8) is 0 Å². The maximum atomic E-state index is 11.4. The van der Waals surface area contributed by atoms with Gasteiger partial charge in [0.15, 0.2) is 0 Å². The van der Waals surface area contributed by atoms with E-state index in [0.717, 1.165) is 6.42 Å². The number of carbonyl (C=O) groups excluding carboxylic acids is 2. The molecule has 0 N–H and O–H groups in total. The third-order valence-electron chi connectivity index (χ3n) is 1.92. The second kappa shape index (κ2) is 6.36. The fourth-order valence-electron chi connectivity index (χ4n) is 1.22.